The Morgan fingerprint density at radius 2 is 1.27 bits per heavy atom. The van der Waals surface area contributed by atoms with Gasteiger partial charge in [0, 0.05) is 31.2 Å². The lowest BCUT2D eigenvalue weighted by atomic mass is 10.0. The summed E-state index contributed by atoms with van der Waals surface area (Å²) in [6.07, 6.45) is 11.5. The van der Waals surface area contributed by atoms with Crippen LogP contribution in [0.2, 0.25) is 0 Å². The summed E-state index contributed by atoms with van der Waals surface area (Å²) in [7, 11) is 7.70. The first-order valence-electron chi connectivity index (χ1n) is 16.7. The molecule has 8 heteroatoms. The Labute approximate surface area is 284 Å². The molecule has 0 saturated carbocycles. The Balaban J connectivity index is 1.29. The first-order valence-corrected chi connectivity index (χ1v) is 16.7. The molecule has 0 bridgehead atoms. The van der Waals surface area contributed by atoms with Crippen molar-refractivity contribution in [2.24, 2.45) is 0 Å². The van der Waals surface area contributed by atoms with Crippen molar-refractivity contribution in [3.8, 4) is 51.9 Å². The molecule has 0 radical (unpaired) electrons. The largest absolute Gasteiger partial charge is 0.496 e. The molecule has 0 aliphatic heterocycles. The second-order valence-electron chi connectivity index (χ2n) is 11.5. The van der Waals surface area contributed by atoms with E-state index >= 15 is 0 Å². The maximum atomic E-state index is 13.5. The third-order valence-corrected chi connectivity index (χ3v) is 8.25. The second kappa shape index (κ2) is 19.3. The van der Waals surface area contributed by atoms with Gasteiger partial charge in [-0.15, -0.1) is 0 Å². The van der Waals surface area contributed by atoms with Crippen molar-refractivity contribution in [2.45, 2.75) is 70.8 Å². The van der Waals surface area contributed by atoms with Crippen LogP contribution in [0.3, 0.4) is 0 Å². The average Bonchev–Trinajstić information content (AvgIpc) is 3.12. The van der Waals surface area contributed by atoms with E-state index in [1.54, 1.807) is 32.4 Å². The fourth-order valence-electron chi connectivity index (χ4n) is 5.67. The summed E-state index contributed by atoms with van der Waals surface area (Å²) in [5, 5.41) is 0.297. The van der Waals surface area contributed by atoms with E-state index in [0.717, 1.165) is 32.3 Å². The minimum absolute atomic E-state index is 0.276. The fraction of sp³-hybridized carbons (Fsp3) is 0.425. The third-order valence-electron chi connectivity index (χ3n) is 8.25. The minimum atomic E-state index is -0.276. The van der Waals surface area contributed by atoms with Crippen molar-refractivity contribution in [1.82, 2.24) is 0 Å². The van der Waals surface area contributed by atoms with Crippen LogP contribution in [0.15, 0.2) is 63.8 Å². The number of fused-ring (bicyclic) bond motifs is 1. The van der Waals surface area contributed by atoms with E-state index < -0.39 is 0 Å². The van der Waals surface area contributed by atoms with Crippen LogP contribution in [0.1, 0.15) is 75.3 Å². The summed E-state index contributed by atoms with van der Waals surface area (Å²) in [5.74, 6) is 9.00. The Morgan fingerprint density at radius 1 is 0.646 bits per heavy atom. The molecule has 0 amide bonds. The number of hydrogen-bond donors (Lipinski definition) is 0. The highest BCUT2D eigenvalue weighted by atomic mass is 16.5. The van der Waals surface area contributed by atoms with Crippen LogP contribution in [0, 0.1) is 11.8 Å². The molecular weight excluding hydrogens is 608 g/mol. The number of unbranched alkanes of at least 4 members (excludes halogenated alkanes) is 9. The molecule has 8 nitrogen and oxygen atoms in total. The number of methoxy groups -OCH3 is 5. The molecule has 4 aromatic rings. The topological polar surface area (TPSA) is 85.6 Å². The van der Waals surface area contributed by atoms with Gasteiger partial charge >= 0.3 is 0 Å². The molecule has 4 rings (SSSR count). The van der Waals surface area contributed by atoms with Crippen molar-refractivity contribution in [1.29, 1.82) is 0 Å². The van der Waals surface area contributed by atoms with Gasteiger partial charge in [0.2, 0.25) is 0 Å². The summed E-state index contributed by atoms with van der Waals surface area (Å²) in [4.78, 5) is 13.5. The van der Waals surface area contributed by atoms with Gasteiger partial charge in [-0.3, -0.25) is 4.79 Å². The van der Waals surface area contributed by atoms with Crippen LogP contribution in [0.25, 0.3) is 22.3 Å². The quantitative estimate of drug-likeness (QED) is 0.0731. The average molecular weight is 657 g/mol. The van der Waals surface area contributed by atoms with E-state index in [-0.39, 0.29) is 5.43 Å². The zero-order valence-corrected chi connectivity index (χ0v) is 28.9. The van der Waals surface area contributed by atoms with Gasteiger partial charge in [0.25, 0.3) is 0 Å². The zero-order valence-electron chi connectivity index (χ0n) is 28.9. The van der Waals surface area contributed by atoms with E-state index in [1.165, 1.54) is 71.5 Å². The van der Waals surface area contributed by atoms with E-state index in [1.807, 2.05) is 18.2 Å². The molecule has 1 aromatic heterocycles. The molecule has 0 saturated heterocycles. The summed E-state index contributed by atoms with van der Waals surface area (Å²) in [6.45, 7) is 1.53. The lowest BCUT2D eigenvalue weighted by Gasteiger charge is -2.15. The minimum Gasteiger partial charge on any atom is -0.496 e. The monoisotopic (exact) mass is 656 g/mol. The molecule has 0 fully saturated rings. The van der Waals surface area contributed by atoms with Crippen LogP contribution in [0.5, 0.6) is 28.7 Å². The van der Waals surface area contributed by atoms with Crippen molar-refractivity contribution < 1.29 is 32.8 Å². The summed E-state index contributed by atoms with van der Waals surface area (Å²) in [5.41, 5.74) is 2.33. The van der Waals surface area contributed by atoms with Gasteiger partial charge in [0.1, 0.15) is 33.8 Å². The molecule has 1 heterocycles. The van der Waals surface area contributed by atoms with Gasteiger partial charge in [-0.25, -0.2) is 0 Å². The molecular formula is C40H48O8. The number of benzene rings is 3. The molecule has 0 atom stereocenters. The molecule has 48 heavy (non-hydrogen) atoms. The van der Waals surface area contributed by atoms with Gasteiger partial charge in [0.15, 0.2) is 22.7 Å². The Hall–Kier alpha value is -4.61. The van der Waals surface area contributed by atoms with Gasteiger partial charge in [0.05, 0.1) is 47.7 Å². The van der Waals surface area contributed by atoms with Crippen molar-refractivity contribution in [3.05, 3.63) is 75.9 Å². The lowest BCUT2D eigenvalue weighted by molar-refractivity contribution is 0.116. The van der Waals surface area contributed by atoms with Gasteiger partial charge in [-0.05, 0) is 24.5 Å². The number of hydrogen-bond acceptors (Lipinski definition) is 8. The standard InChI is InChI=1S/C40H48O8/c1-42-33-27-38-39(32(41)25-35(48-38)31-24-36(44-3)37(45-4)26-34(31)43-2)40(46-5)30(33)22-18-13-11-9-7-6-8-10-12-14-19-23-47-28-29-20-16-15-17-21-29/h15-17,20-21,24-27H,6-14,19,23,28H2,1-5H3. The summed E-state index contributed by atoms with van der Waals surface area (Å²) in [6, 6.07) is 16.8. The van der Waals surface area contributed by atoms with Gasteiger partial charge in [-0.1, -0.05) is 87.1 Å². The van der Waals surface area contributed by atoms with Crippen LogP contribution in [-0.4, -0.2) is 42.2 Å². The lowest BCUT2D eigenvalue weighted by Crippen LogP contribution is -2.06. The Kier molecular flexibility index (Phi) is 14.5. The fourth-order valence-corrected chi connectivity index (χ4v) is 5.67. The highest BCUT2D eigenvalue weighted by Gasteiger charge is 2.21. The Morgan fingerprint density at radius 3 is 1.92 bits per heavy atom. The number of rotatable bonds is 19. The first kappa shape index (κ1) is 36.2. The van der Waals surface area contributed by atoms with E-state index in [4.69, 9.17) is 32.8 Å². The number of ether oxygens (including phenoxy) is 6. The maximum Gasteiger partial charge on any atom is 0.197 e. The van der Waals surface area contributed by atoms with E-state index in [0.29, 0.717) is 63.2 Å². The molecule has 0 aliphatic rings. The van der Waals surface area contributed by atoms with Crippen LogP contribution < -0.4 is 29.1 Å². The van der Waals surface area contributed by atoms with Crippen LogP contribution in [0.4, 0.5) is 0 Å². The van der Waals surface area contributed by atoms with Gasteiger partial charge < -0.3 is 32.8 Å². The molecule has 0 unspecified atom stereocenters. The highest BCUT2D eigenvalue weighted by Crippen LogP contribution is 2.42. The SMILES string of the molecule is COc1cc(OC)c(-c2cc(=O)c3c(OC)c(C#CCCCCCCCCCCCOCc4ccccc4)c(OC)cc3o2)cc1OC. The zero-order chi connectivity index (χ0) is 34.1. The molecule has 0 aliphatic carbocycles. The molecule has 3 aromatic carbocycles. The third kappa shape index (κ3) is 9.71. The molecule has 256 valence electrons. The van der Waals surface area contributed by atoms with Crippen molar-refractivity contribution in [3.63, 3.8) is 0 Å². The Bertz CT molecular complexity index is 1720. The van der Waals surface area contributed by atoms with E-state index in [2.05, 4.69) is 24.0 Å². The first-order chi connectivity index (χ1) is 23.5. The second-order valence-corrected chi connectivity index (χ2v) is 11.5. The highest BCUT2D eigenvalue weighted by molar-refractivity contribution is 5.90. The van der Waals surface area contributed by atoms with E-state index in [9.17, 15) is 4.79 Å². The smallest absolute Gasteiger partial charge is 0.197 e. The van der Waals surface area contributed by atoms with Crippen molar-refractivity contribution in [2.75, 3.05) is 42.2 Å². The normalized spacial score (nSPS) is 10.8. The molecule has 0 N–H and O–H groups in total. The molecule has 0 spiro atoms. The predicted octanol–water partition coefficient (Wildman–Crippen LogP) is 8.97. The van der Waals surface area contributed by atoms with Crippen LogP contribution in [-0.2, 0) is 11.3 Å². The predicted molar refractivity (Wildman–Crippen MR) is 190 cm³/mol. The van der Waals surface area contributed by atoms with Crippen molar-refractivity contribution >= 4 is 11.0 Å². The summed E-state index contributed by atoms with van der Waals surface area (Å²) < 4.78 is 39.8. The van der Waals surface area contributed by atoms with Gasteiger partial charge in [-0.2, -0.15) is 0 Å². The maximum absolute atomic E-state index is 13.5. The van der Waals surface area contributed by atoms with Crippen LogP contribution >= 0.6 is 0 Å². The summed E-state index contributed by atoms with van der Waals surface area (Å²) >= 11 is 0.